The van der Waals surface area contributed by atoms with Crippen LogP contribution >= 0.6 is 0 Å². The number of nitrogens with zero attached hydrogens (tertiary/aromatic N) is 2. The zero-order chi connectivity index (χ0) is 18.2. The van der Waals surface area contributed by atoms with Crippen molar-refractivity contribution in [2.75, 3.05) is 9.80 Å². The van der Waals surface area contributed by atoms with E-state index in [0.717, 1.165) is 12.8 Å². The number of rotatable bonds is 2. The van der Waals surface area contributed by atoms with Gasteiger partial charge in [0, 0.05) is 11.4 Å². The predicted molar refractivity (Wildman–Crippen MR) is 114 cm³/mol. The second kappa shape index (κ2) is 6.48. The third-order valence-electron chi connectivity index (χ3n) is 5.36. The number of hydrogen-bond acceptors (Lipinski definition) is 2. The molecule has 3 aromatic carbocycles. The molecule has 27 heavy (non-hydrogen) atoms. The van der Waals surface area contributed by atoms with Crippen LogP contribution in [-0.4, -0.2) is 0 Å². The van der Waals surface area contributed by atoms with E-state index in [4.69, 9.17) is 0 Å². The van der Waals surface area contributed by atoms with Crippen LogP contribution in [0.3, 0.4) is 0 Å². The molecular weight excluding hydrogens is 328 g/mol. The molecule has 2 nitrogen and oxygen atoms in total. The predicted octanol–water partition coefficient (Wildman–Crippen LogP) is 7.23. The Morgan fingerprint density at radius 2 is 1.07 bits per heavy atom. The summed E-state index contributed by atoms with van der Waals surface area (Å²) in [5.41, 5.74) is 8.89. The zero-order valence-corrected chi connectivity index (χ0v) is 15.5. The van der Waals surface area contributed by atoms with Crippen LogP contribution in [-0.2, 0) is 0 Å². The summed E-state index contributed by atoms with van der Waals surface area (Å²) in [6.45, 7) is 2.21. The molecule has 0 amide bonds. The number of fused-ring (bicyclic) bond motifs is 2. The first-order valence-electron chi connectivity index (χ1n) is 9.52. The van der Waals surface area contributed by atoms with E-state index in [1.54, 1.807) is 0 Å². The molecule has 3 aromatic rings. The van der Waals surface area contributed by atoms with Gasteiger partial charge in [-0.25, -0.2) is 0 Å². The van der Waals surface area contributed by atoms with Gasteiger partial charge in [0.25, 0.3) is 0 Å². The lowest BCUT2D eigenvalue weighted by Gasteiger charge is -2.41. The van der Waals surface area contributed by atoms with Crippen molar-refractivity contribution in [3.8, 4) is 0 Å². The van der Waals surface area contributed by atoms with Crippen LogP contribution in [0.5, 0.6) is 0 Å². The molecule has 0 saturated carbocycles. The van der Waals surface area contributed by atoms with E-state index in [0.29, 0.717) is 0 Å². The van der Waals surface area contributed by atoms with Crippen LogP contribution in [0.2, 0.25) is 0 Å². The van der Waals surface area contributed by atoms with Crippen molar-refractivity contribution in [2.45, 2.75) is 19.8 Å². The zero-order valence-electron chi connectivity index (χ0n) is 15.5. The monoisotopic (exact) mass is 350 g/mol. The average Bonchev–Trinajstić information content (AvgIpc) is 2.73. The Morgan fingerprint density at radius 3 is 1.59 bits per heavy atom. The largest absolute Gasteiger partial charge is 0.310 e. The van der Waals surface area contributed by atoms with Crippen molar-refractivity contribution in [2.24, 2.45) is 0 Å². The third kappa shape index (κ3) is 2.65. The lowest BCUT2D eigenvalue weighted by Crippen LogP contribution is -2.27. The van der Waals surface area contributed by atoms with E-state index in [1.165, 1.54) is 39.7 Å². The summed E-state index contributed by atoms with van der Waals surface area (Å²) in [4.78, 5) is 4.80. The van der Waals surface area contributed by atoms with Crippen LogP contribution in [0.25, 0.3) is 0 Å². The highest BCUT2D eigenvalue weighted by Gasteiger charge is 2.30. The van der Waals surface area contributed by atoms with Crippen molar-refractivity contribution < 1.29 is 0 Å². The van der Waals surface area contributed by atoms with E-state index in [9.17, 15) is 0 Å². The number of anilines is 5. The standard InChI is InChI=1S/C25H22N2/c1-19-15-17-21(18-16-19)27-24-13-7-5-11-22(24)26(20-9-3-2-4-10-20)23-12-6-8-14-25(23)27/h2-15,17H,16,18H2,1H3. The van der Waals surface area contributed by atoms with Gasteiger partial charge in [-0.1, -0.05) is 54.1 Å². The molecule has 1 heterocycles. The quantitative estimate of drug-likeness (QED) is 0.481. The summed E-state index contributed by atoms with van der Waals surface area (Å²) in [7, 11) is 0. The Bertz CT molecular complexity index is 999. The molecule has 1 aliphatic heterocycles. The van der Waals surface area contributed by atoms with Gasteiger partial charge in [-0.2, -0.15) is 0 Å². The summed E-state index contributed by atoms with van der Waals surface area (Å²) in [5.74, 6) is 0. The fraction of sp³-hybridized carbons (Fsp3) is 0.120. The molecule has 0 N–H and O–H groups in total. The average molecular weight is 350 g/mol. The first-order chi connectivity index (χ1) is 13.3. The first-order valence-corrected chi connectivity index (χ1v) is 9.52. The maximum atomic E-state index is 2.44. The molecule has 0 aromatic heterocycles. The van der Waals surface area contributed by atoms with Gasteiger partial charge in [-0.3, -0.25) is 0 Å². The molecule has 2 aliphatic rings. The number of allylic oxidation sites excluding steroid dienone is 4. The molecule has 0 unspecified atom stereocenters. The number of benzene rings is 3. The smallest absolute Gasteiger partial charge is 0.0703 e. The van der Waals surface area contributed by atoms with Crippen LogP contribution in [0.15, 0.2) is 102 Å². The Morgan fingerprint density at radius 1 is 0.556 bits per heavy atom. The Kier molecular flexibility index (Phi) is 3.83. The molecule has 0 saturated heterocycles. The molecule has 0 atom stereocenters. The van der Waals surface area contributed by atoms with Crippen molar-refractivity contribution in [1.82, 2.24) is 0 Å². The minimum atomic E-state index is 1.07. The molecule has 0 bridgehead atoms. The molecule has 0 spiro atoms. The minimum absolute atomic E-state index is 1.07. The van der Waals surface area contributed by atoms with E-state index in [-0.39, 0.29) is 0 Å². The Hall–Kier alpha value is -3.26. The van der Waals surface area contributed by atoms with E-state index in [1.807, 2.05) is 0 Å². The highest BCUT2D eigenvalue weighted by atomic mass is 15.3. The normalized spacial score (nSPS) is 15.6. The molecule has 0 radical (unpaired) electrons. The summed E-state index contributed by atoms with van der Waals surface area (Å²) in [6, 6.07) is 28.0. The third-order valence-corrected chi connectivity index (χ3v) is 5.36. The summed E-state index contributed by atoms with van der Waals surface area (Å²) in [6.07, 6.45) is 6.73. The summed E-state index contributed by atoms with van der Waals surface area (Å²) < 4.78 is 0. The molecular formula is C25H22N2. The Balaban J connectivity index is 1.75. The van der Waals surface area contributed by atoms with Gasteiger partial charge >= 0.3 is 0 Å². The van der Waals surface area contributed by atoms with Crippen LogP contribution < -0.4 is 9.80 Å². The fourth-order valence-electron chi connectivity index (χ4n) is 4.03. The molecule has 0 fully saturated rings. The molecule has 1 aliphatic carbocycles. The number of hydrogen-bond donors (Lipinski definition) is 0. The highest BCUT2D eigenvalue weighted by Crippen LogP contribution is 2.53. The van der Waals surface area contributed by atoms with Gasteiger partial charge < -0.3 is 9.80 Å². The van der Waals surface area contributed by atoms with Gasteiger partial charge in [0.1, 0.15) is 0 Å². The highest BCUT2D eigenvalue weighted by molar-refractivity contribution is 5.99. The lowest BCUT2D eigenvalue weighted by molar-refractivity contribution is 0.871. The van der Waals surface area contributed by atoms with Gasteiger partial charge in [0.2, 0.25) is 0 Å². The summed E-state index contributed by atoms with van der Waals surface area (Å²) in [5, 5.41) is 0. The minimum Gasteiger partial charge on any atom is -0.310 e. The van der Waals surface area contributed by atoms with Gasteiger partial charge in [-0.05, 0) is 62.2 Å². The van der Waals surface area contributed by atoms with Crippen LogP contribution in [0.4, 0.5) is 28.4 Å². The maximum Gasteiger partial charge on any atom is 0.0703 e. The van der Waals surface area contributed by atoms with Gasteiger partial charge in [0.15, 0.2) is 0 Å². The van der Waals surface area contributed by atoms with Crippen molar-refractivity contribution in [3.63, 3.8) is 0 Å². The molecule has 5 rings (SSSR count). The lowest BCUT2D eigenvalue weighted by atomic mass is 9.99. The van der Waals surface area contributed by atoms with Crippen molar-refractivity contribution in [1.29, 1.82) is 0 Å². The van der Waals surface area contributed by atoms with E-state index < -0.39 is 0 Å². The SMILES string of the molecule is CC1=CC=C(N2c3ccccc3N(c3ccccc3)c3ccccc32)CC1. The molecule has 132 valence electrons. The van der Waals surface area contributed by atoms with Gasteiger partial charge in [-0.15, -0.1) is 0 Å². The second-order valence-corrected chi connectivity index (χ2v) is 7.15. The van der Waals surface area contributed by atoms with E-state index in [2.05, 4.69) is 108 Å². The van der Waals surface area contributed by atoms with Crippen molar-refractivity contribution >= 4 is 28.4 Å². The van der Waals surface area contributed by atoms with Gasteiger partial charge in [0.05, 0.1) is 22.7 Å². The van der Waals surface area contributed by atoms with Crippen LogP contribution in [0.1, 0.15) is 19.8 Å². The summed E-state index contributed by atoms with van der Waals surface area (Å²) >= 11 is 0. The number of para-hydroxylation sites is 5. The molecule has 2 heteroatoms. The fourth-order valence-corrected chi connectivity index (χ4v) is 4.03. The van der Waals surface area contributed by atoms with Crippen LogP contribution in [0, 0.1) is 0 Å². The maximum absolute atomic E-state index is 2.44. The van der Waals surface area contributed by atoms with E-state index >= 15 is 0 Å². The topological polar surface area (TPSA) is 6.48 Å². The Labute approximate surface area is 160 Å². The van der Waals surface area contributed by atoms with Crippen molar-refractivity contribution in [3.05, 3.63) is 102 Å². The second-order valence-electron chi connectivity index (χ2n) is 7.15. The first kappa shape index (κ1) is 16.0.